The lowest BCUT2D eigenvalue weighted by molar-refractivity contribution is 0.0746. The van der Waals surface area contributed by atoms with E-state index >= 15 is 0 Å². The van der Waals surface area contributed by atoms with Gasteiger partial charge in [-0.2, -0.15) is 0 Å². The molecular weight excluding hydrogens is 348 g/mol. The Morgan fingerprint density at radius 1 is 0.929 bits per heavy atom. The molecule has 0 bridgehead atoms. The average Bonchev–Trinajstić information content (AvgIpc) is 2.75. The molecule has 0 aliphatic carbocycles. The van der Waals surface area contributed by atoms with E-state index in [0.717, 1.165) is 37.7 Å². The van der Waals surface area contributed by atoms with E-state index in [9.17, 15) is 4.79 Å². The van der Waals surface area contributed by atoms with Gasteiger partial charge >= 0.3 is 0 Å². The van der Waals surface area contributed by atoms with Crippen molar-refractivity contribution >= 4 is 23.1 Å². The molecule has 0 unspecified atom stereocenters. The maximum absolute atomic E-state index is 12.8. The van der Waals surface area contributed by atoms with E-state index in [1.807, 2.05) is 47.4 Å². The van der Waals surface area contributed by atoms with Gasteiger partial charge in [-0.25, -0.2) is 4.98 Å². The number of hydrogen-bond acceptors (Lipinski definition) is 4. The van der Waals surface area contributed by atoms with Crippen molar-refractivity contribution in [3.8, 4) is 0 Å². The summed E-state index contributed by atoms with van der Waals surface area (Å²) < 4.78 is 0. The zero-order valence-corrected chi connectivity index (χ0v) is 16.0. The first-order valence-electron chi connectivity index (χ1n) is 9.58. The van der Waals surface area contributed by atoms with E-state index in [2.05, 4.69) is 46.4 Å². The van der Waals surface area contributed by atoms with Crippen LogP contribution in [-0.4, -0.2) is 42.0 Å². The fourth-order valence-electron chi connectivity index (χ4n) is 3.44. The number of nitrogens with zero attached hydrogens (tertiary/aromatic N) is 3. The maximum Gasteiger partial charge on any atom is 0.255 e. The first-order valence-corrected chi connectivity index (χ1v) is 9.58. The van der Waals surface area contributed by atoms with Crippen LogP contribution in [0.25, 0.3) is 0 Å². The second-order valence-corrected chi connectivity index (χ2v) is 7.04. The van der Waals surface area contributed by atoms with E-state index in [1.54, 1.807) is 6.20 Å². The van der Waals surface area contributed by atoms with Crippen LogP contribution in [0.15, 0.2) is 72.9 Å². The highest BCUT2D eigenvalue weighted by molar-refractivity contribution is 5.94. The first kappa shape index (κ1) is 18.0. The SMILES string of the molecule is Cc1cccc(N2CCN(C(=O)c3ccc(Nc4ccccc4)nc3)CC2)c1. The van der Waals surface area contributed by atoms with Crippen molar-refractivity contribution in [3.63, 3.8) is 0 Å². The molecule has 1 amide bonds. The Labute approximate surface area is 165 Å². The fourth-order valence-corrected chi connectivity index (χ4v) is 3.44. The predicted molar refractivity (Wildman–Crippen MR) is 113 cm³/mol. The van der Waals surface area contributed by atoms with E-state index in [1.165, 1.54) is 11.3 Å². The molecule has 1 aromatic heterocycles. The summed E-state index contributed by atoms with van der Waals surface area (Å²) in [5.41, 5.74) is 4.08. The molecular formula is C23H24N4O. The summed E-state index contributed by atoms with van der Waals surface area (Å²) in [6.07, 6.45) is 1.65. The molecule has 1 fully saturated rings. The number of carbonyl (C=O) groups is 1. The van der Waals surface area contributed by atoms with Gasteiger partial charge in [0.1, 0.15) is 5.82 Å². The van der Waals surface area contributed by atoms with Crippen molar-refractivity contribution in [2.45, 2.75) is 6.92 Å². The third kappa shape index (κ3) is 4.14. The number of benzene rings is 2. The van der Waals surface area contributed by atoms with Gasteiger partial charge in [0.25, 0.3) is 5.91 Å². The molecule has 142 valence electrons. The lowest BCUT2D eigenvalue weighted by atomic mass is 10.1. The number of nitrogens with one attached hydrogen (secondary N) is 1. The highest BCUT2D eigenvalue weighted by atomic mass is 16.2. The van der Waals surface area contributed by atoms with Crippen LogP contribution in [0.4, 0.5) is 17.2 Å². The summed E-state index contributed by atoms with van der Waals surface area (Å²) in [6, 6.07) is 22.1. The van der Waals surface area contributed by atoms with Gasteiger partial charge in [-0.1, -0.05) is 30.3 Å². The highest BCUT2D eigenvalue weighted by Gasteiger charge is 2.22. The topological polar surface area (TPSA) is 48.5 Å². The normalized spacial score (nSPS) is 14.0. The van der Waals surface area contributed by atoms with Gasteiger partial charge in [-0.05, 0) is 48.9 Å². The second kappa shape index (κ2) is 8.13. The molecule has 0 saturated carbocycles. The lowest BCUT2D eigenvalue weighted by Crippen LogP contribution is -2.48. The Hall–Kier alpha value is -3.34. The maximum atomic E-state index is 12.8. The third-order valence-electron chi connectivity index (χ3n) is 4.99. The number of pyridine rings is 1. The molecule has 5 nitrogen and oxygen atoms in total. The van der Waals surface area contributed by atoms with Crippen molar-refractivity contribution < 1.29 is 4.79 Å². The molecule has 1 aliphatic rings. The third-order valence-corrected chi connectivity index (χ3v) is 4.99. The summed E-state index contributed by atoms with van der Waals surface area (Å²) in [4.78, 5) is 21.5. The minimum absolute atomic E-state index is 0.0441. The Kier molecular flexibility index (Phi) is 5.24. The Balaban J connectivity index is 1.36. The summed E-state index contributed by atoms with van der Waals surface area (Å²) in [5.74, 6) is 0.773. The Morgan fingerprint density at radius 2 is 1.71 bits per heavy atom. The Bertz CT molecular complexity index is 932. The van der Waals surface area contributed by atoms with Gasteiger partial charge in [0.05, 0.1) is 5.56 Å². The van der Waals surface area contributed by atoms with E-state index in [-0.39, 0.29) is 5.91 Å². The number of aromatic nitrogens is 1. The number of hydrogen-bond donors (Lipinski definition) is 1. The number of piperazine rings is 1. The lowest BCUT2D eigenvalue weighted by Gasteiger charge is -2.36. The summed E-state index contributed by atoms with van der Waals surface area (Å²) in [6.45, 7) is 5.23. The molecule has 0 radical (unpaired) electrons. The standard InChI is InChI=1S/C23H24N4O/c1-18-6-5-9-21(16-18)26-12-14-27(15-13-26)23(28)19-10-11-22(24-17-19)25-20-7-3-2-4-8-20/h2-11,16-17H,12-15H2,1H3,(H,24,25). The molecule has 0 spiro atoms. The Morgan fingerprint density at radius 3 is 2.39 bits per heavy atom. The number of carbonyl (C=O) groups excluding carboxylic acids is 1. The van der Waals surface area contributed by atoms with E-state index in [4.69, 9.17) is 0 Å². The number of anilines is 3. The van der Waals surface area contributed by atoms with Crippen LogP contribution in [0, 0.1) is 6.92 Å². The van der Waals surface area contributed by atoms with Gasteiger partial charge in [0.2, 0.25) is 0 Å². The van der Waals surface area contributed by atoms with Gasteiger partial charge in [0.15, 0.2) is 0 Å². The smallest absolute Gasteiger partial charge is 0.255 e. The van der Waals surface area contributed by atoms with Crippen LogP contribution in [0.2, 0.25) is 0 Å². The summed E-state index contributed by atoms with van der Waals surface area (Å²) in [7, 11) is 0. The zero-order valence-electron chi connectivity index (χ0n) is 16.0. The first-order chi connectivity index (χ1) is 13.7. The van der Waals surface area contributed by atoms with Gasteiger partial charge < -0.3 is 15.1 Å². The average molecular weight is 372 g/mol. The molecule has 1 aliphatic heterocycles. The number of aryl methyl sites for hydroxylation is 1. The van der Waals surface area contributed by atoms with Crippen molar-refractivity contribution in [1.29, 1.82) is 0 Å². The number of rotatable bonds is 4. The van der Waals surface area contributed by atoms with Crippen LogP contribution in [-0.2, 0) is 0 Å². The molecule has 4 rings (SSSR count). The number of para-hydroxylation sites is 1. The molecule has 1 N–H and O–H groups in total. The van der Waals surface area contributed by atoms with Crippen LogP contribution in [0.3, 0.4) is 0 Å². The highest BCUT2D eigenvalue weighted by Crippen LogP contribution is 2.19. The van der Waals surface area contributed by atoms with Gasteiger partial charge in [-0.15, -0.1) is 0 Å². The van der Waals surface area contributed by atoms with Crippen LogP contribution in [0.5, 0.6) is 0 Å². The quantitative estimate of drug-likeness (QED) is 0.749. The largest absolute Gasteiger partial charge is 0.368 e. The van der Waals surface area contributed by atoms with E-state index in [0.29, 0.717) is 5.56 Å². The molecule has 5 heteroatoms. The van der Waals surface area contributed by atoms with Crippen molar-refractivity contribution in [1.82, 2.24) is 9.88 Å². The monoisotopic (exact) mass is 372 g/mol. The molecule has 1 saturated heterocycles. The van der Waals surface area contributed by atoms with Crippen molar-refractivity contribution in [2.75, 3.05) is 36.4 Å². The molecule has 0 atom stereocenters. The minimum Gasteiger partial charge on any atom is -0.368 e. The molecule has 3 aromatic rings. The summed E-state index contributed by atoms with van der Waals surface area (Å²) >= 11 is 0. The van der Waals surface area contributed by atoms with Gasteiger partial charge in [-0.3, -0.25) is 4.79 Å². The molecule has 28 heavy (non-hydrogen) atoms. The molecule has 2 heterocycles. The summed E-state index contributed by atoms with van der Waals surface area (Å²) in [5, 5.41) is 3.24. The zero-order chi connectivity index (χ0) is 19.3. The van der Waals surface area contributed by atoms with Crippen LogP contribution >= 0.6 is 0 Å². The fraction of sp³-hybridized carbons (Fsp3) is 0.217. The van der Waals surface area contributed by atoms with Crippen LogP contribution in [0.1, 0.15) is 15.9 Å². The second-order valence-electron chi connectivity index (χ2n) is 7.04. The van der Waals surface area contributed by atoms with Crippen molar-refractivity contribution in [3.05, 3.63) is 84.1 Å². The molecule has 2 aromatic carbocycles. The van der Waals surface area contributed by atoms with E-state index < -0.39 is 0 Å². The van der Waals surface area contributed by atoms with Crippen molar-refractivity contribution in [2.24, 2.45) is 0 Å². The predicted octanol–water partition coefficient (Wildman–Crippen LogP) is 4.10. The minimum atomic E-state index is 0.0441. The van der Waals surface area contributed by atoms with Gasteiger partial charge in [0, 0.05) is 43.8 Å². The number of amides is 1. The van der Waals surface area contributed by atoms with Crippen LogP contribution < -0.4 is 10.2 Å².